The van der Waals surface area contributed by atoms with E-state index in [0.29, 0.717) is 0 Å². The zero-order valence-electron chi connectivity index (χ0n) is 18.9. The molecule has 0 bridgehead atoms. The minimum absolute atomic E-state index is 0.0826. The highest BCUT2D eigenvalue weighted by Crippen LogP contribution is 2.39. The highest BCUT2D eigenvalue weighted by atomic mass is 15.2. The van der Waals surface area contributed by atoms with Gasteiger partial charge in [0.25, 0.3) is 0 Å². The van der Waals surface area contributed by atoms with E-state index in [9.17, 15) is 0 Å². The number of nitrogens with zero attached hydrogens (tertiary/aromatic N) is 4. The molecule has 0 radical (unpaired) electrons. The first kappa shape index (κ1) is 18.5. The van der Waals surface area contributed by atoms with Gasteiger partial charge in [-0.3, -0.25) is 8.97 Å². The van der Waals surface area contributed by atoms with Gasteiger partial charge in [-0.2, -0.15) is 0 Å². The molecule has 0 N–H and O–H groups in total. The van der Waals surface area contributed by atoms with Gasteiger partial charge in [0.2, 0.25) is 5.78 Å². The van der Waals surface area contributed by atoms with Crippen molar-refractivity contribution in [3.63, 3.8) is 0 Å². The highest BCUT2D eigenvalue weighted by molar-refractivity contribution is 6.17. The predicted molar refractivity (Wildman–Crippen MR) is 138 cm³/mol. The largest absolute Gasteiger partial charge is 0.333 e. The average Bonchev–Trinajstić information content (AvgIpc) is 3.45. The molecular formula is C29H24N4. The fourth-order valence-corrected chi connectivity index (χ4v) is 5.44. The molecule has 0 saturated carbocycles. The molecular weight excluding hydrogens is 404 g/mol. The van der Waals surface area contributed by atoms with Gasteiger partial charge in [0.05, 0.1) is 22.1 Å². The first-order valence-electron chi connectivity index (χ1n) is 11.4. The molecule has 4 nitrogen and oxygen atoms in total. The molecule has 7 rings (SSSR count). The van der Waals surface area contributed by atoms with Crippen molar-refractivity contribution in [2.45, 2.75) is 26.3 Å². The van der Waals surface area contributed by atoms with Crippen molar-refractivity contribution in [3.8, 4) is 5.69 Å². The predicted octanol–water partition coefficient (Wildman–Crippen LogP) is 7.29. The van der Waals surface area contributed by atoms with Gasteiger partial charge in [-0.05, 0) is 63.2 Å². The van der Waals surface area contributed by atoms with Crippen molar-refractivity contribution in [1.82, 2.24) is 18.5 Å². The normalized spacial score (nSPS) is 12.7. The molecule has 0 saturated heterocycles. The van der Waals surface area contributed by atoms with Crippen LogP contribution in [0.1, 0.15) is 20.8 Å². The Morgan fingerprint density at radius 2 is 1.27 bits per heavy atom. The molecule has 0 fully saturated rings. The minimum Gasteiger partial charge on any atom is -0.333 e. The Bertz CT molecular complexity index is 1840. The third kappa shape index (κ3) is 2.38. The van der Waals surface area contributed by atoms with Crippen LogP contribution >= 0.6 is 0 Å². The van der Waals surface area contributed by atoms with Gasteiger partial charge in [0.1, 0.15) is 5.52 Å². The van der Waals surface area contributed by atoms with Gasteiger partial charge in [-0.15, -0.1) is 0 Å². The molecule has 0 unspecified atom stereocenters. The number of rotatable bonds is 1. The molecule has 4 aromatic carbocycles. The SMILES string of the molecule is CC(C)(C)n1c2ccccc2c2ccc3c(nc4n(-c5ccccc5)c5ccccc5n34)c21. The van der Waals surface area contributed by atoms with E-state index < -0.39 is 0 Å². The minimum atomic E-state index is -0.0826. The van der Waals surface area contributed by atoms with Crippen LogP contribution in [0.3, 0.4) is 0 Å². The number of para-hydroxylation sites is 4. The lowest BCUT2D eigenvalue weighted by Crippen LogP contribution is -2.21. The van der Waals surface area contributed by atoms with Crippen LogP contribution in [0.2, 0.25) is 0 Å². The molecule has 0 amide bonds. The van der Waals surface area contributed by atoms with Gasteiger partial charge in [-0.1, -0.05) is 48.5 Å². The molecule has 0 aliphatic heterocycles. The van der Waals surface area contributed by atoms with Crippen LogP contribution in [-0.2, 0) is 5.54 Å². The molecule has 3 heterocycles. The van der Waals surface area contributed by atoms with Crippen molar-refractivity contribution in [1.29, 1.82) is 0 Å². The van der Waals surface area contributed by atoms with E-state index in [-0.39, 0.29) is 5.54 Å². The fraction of sp³-hybridized carbons (Fsp3) is 0.138. The average molecular weight is 429 g/mol. The van der Waals surface area contributed by atoms with Gasteiger partial charge in [0, 0.05) is 27.5 Å². The molecule has 3 aromatic heterocycles. The Morgan fingerprint density at radius 1 is 0.606 bits per heavy atom. The van der Waals surface area contributed by atoms with Gasteiger partial charge in [-0.25, -0.2) is 4.98 Å². The molecule has 0 atom stereocenters. The first-order chi connectivity index (χ1) is 16.0. The van der Waals surface area contributed by atoms with Crippen molar-refractivity contribution < 1.29 is 0 Å². The third-order valence-corrected chi connectivity index (χ3v) is 6.69. The van der Waals surface area contributed by atoms with Crippen molar-refractivity contribution >= 4 is 49.7 Å². The van der Waals surface area contributed by atoms with Crippen LogP contribution < -0.4 is 0 Å². The standard InChI is InChI=1S/C29H24N4/c1-29(2,3)33-22-14-8-7-13-20(22)21-17-18-25-26(27(21)33)30-28-31(19-11-5-4-6-12-19)23-15-9-10-16-24(23)32(25)28/h4-18H,1-3H3. The summed E-state index contributed by atoms with van der Waals surface area (Å²) in [4.78, 5) is 5.33. The summed E-state index contributed by atoms with van der Waals surface area (Å²) in [5, 5.41) is 2.53. The number of benzene rings is 4. The molecule has 0 spiro atoms. The van der Waals surface area contributed by atoms with Gasteiger partial charge < -0.3 is 4.57 Å². The number of hydrogen-bond donors (Lipinski definition) is 0. The Hall–Kier alpha value is -4.05. The Labute approximate surface area is 191 Å². The summed E-state index contributed by atoms with van der Waals surface area (Å²) < 4.78 is 7.04. The maximum atomic E-state index is 5.33. The molecule has 33 heavy (non-hydrogen) atoms. The van der Waals surface area contributed by atoms with Crippen molar-refractivity contribution in [3.05, 3.63) is 91.0 Å². The summed E-state index contributed by atoms with van der Waals surface area (Å²) >= 11 is 0. The van der Waals surface area contributed by atoms with E-state index in [1.165, 1.54) is 21.8 Å². The summed E-state index contributed by atoms with van der Waals surface area (Å²) in [6, 6.07) is 32.3. The third-order valence-electron chi connectivity index (χ3n) is 6.69. The Kier molecular flexibility index (Phi) is 3.51. The summed E-state index contributed by atoms with van der Waals surface area (Å²) in [7, 11) is 0. The maximum Gasteiger partial charge on any atom is 0.220 e. The lowest BCUT2D eigenvalue weighted by atomic mass is 10.1. The molecule has 0 aliphatic rings. The number of imidazole rings is 2. The second-order valence-corrected chi connectivity index (χ2v) is 9.76. The van der Waals surface area contributed by atoms with Crippen LogP contribution in [-0.4, -0.2) is 18.5 Å². The van der Waals surface area contributed by atoms with Gasteiger partial charge >= 0.3 is 0 Å². The number of aromatic nitrogens is 4. The topological polar surface area (TPSA) is 27.2 Å². The van der Waals surface area contributed by atoms with E-state index in [1.807, 2.05) is 0 Å². The smallest absolute Gasteiger partial charge is 0.220 e. The summed E-state index contributed by atoms with van der Waals surface area (Å²) in [5.74, 6) is 0.940. The second-order valence-electron chi connectivity index (χ2n) is 9.76. The van der Waals surface area contributed by atoms with Crippen molar-refractivity contribution in [2.75, 3.05) is 0 Å². The highest BCUT2D eigenvalue weighted by Gasteiger charge is 2.25. The summed E-state index contributed by atoms with van der Waals surface area (Å²) in [6.07, 6.45) is 0. The second kappa shape index (κ2) is 6.26. The molecule has 0 aliphatic carbocycles. The first-order valence-corrected chi connectivity index (χ1v) is 11.4. The van der Waals surface area contributed by atoms with E-state index in [0.717, 1.165) is 33.5 Å². The maximum absolute atomic E-state index is 5.33. The van der Waals surface area contributed by atoms with E-state index in [1.54, 1.807) is 0 Å². The van der Waals surface area contributed by atoms with Crippen LogP contribution in [0, 0.1) is 0 Å². The Balaban J connectivity index is 1.75. The monoisotopic (exact) mass is 428 g/mol. The Morgan fingerprint density at radius 3 is 2.03 bits per heavy atom. The quantitative estimate of drug-likeness (QED) is 0.270. The summed E-state index contributed by atoms with van der Waals surface area (Å²) in [6.45, 7) is 6.81. The van der Waals surface area contributed by atoms with Crippen LogP contribution in [0.25, 0.3) is 55.3 Å². The van der Waals surface area contributed by atoms with E-state index in [2.05, 4.69) is 125 Å². The van der Waals surface area contributed by atoms with Crippen LogP contribution in [0.15, 0.2) is 91.0 Å². The lowest BCUT2D eigenvalue weighted by molar-refractivity contribution is 0.424. The number of hydrogen-bond acceptors (Lipinski definition) is 1. The number of fused-ring (bicyclic) bond motifs is 9. The molecule has 7 aromatic rings. The van der Waals surface area contributed by atoms with Crippen molar-refractivity contribution in [2.24, 2.45) is 0 Å². The molecule has 160 valence electrons. The van der Waals surface area contributed by atoms with Gasteiger partial charge in [0.15, 0.2) is 0 Å². The van der Waals surface area contributed by atoms with E-state index >= 15 is 0 Å². The van der Waals surface area contributed by atoms with Crippen LogP contribution in [0.5, 0.6) is 0 Å². The fourth-order valence-electron chi connectivity index (χ4n) is 5.44. The summed E-state index contributed by atoms with van der Waals surface area (Å²) in [5.41, 5.74) is 7.99. The lowest BCUT2D eigenvalue weighted by Gasteiger charge is -2.24. The molecule has 4 heteroatoms. The van der Waals surface area contributed by atoms with E-state index in [4.69, 9.17) is 4.98 Å². The zero-order valence-corrected chi connectivity index (χ0v) is 18.9. The zero-order chi connectivity index (χ0) is 22.3. The van der Waals surface area contributed by atoms with Crippen LogP contribution in [0.4, 0.5) is 0 Å².